The lowest BCUT2D eigenvalue weighted by Crippen LogP contribution is -2.31. The van der Waals surface area contributed by atoms with Gasteiger partial charge in [-0.2, -0.15) is 0 Å². The first kappa shape index (κ1) is 23.0. The number of hydrogen-bond donors (Lipinski definition) is 3. The molecule has 1 saturated carbocycles. The Morgan fingerprint density at radius 3 is 2.31 bits per heavy atom. The van der Waals surface area contributed by atoms with Crippen LogP contribution in [0.1, 0.15) is 37.8 Å². The highest BCUT2D eigenvalue weighted by Gasteiger charge is 2.14. The van der Waals surface area contributed by atoms with Crippen LogP contribution in [0.3, 0.4) is 0 Å². The van der Waals surface area contributed by atoms with E-state index in [1.807, 2.05) is 66.7 Å². The number of carbonyl (C=O) groups is 1. The minimum atomic E-state index is -0.281. The zero-order chi connectivity index (χ0) is 24.0. The quantitative estimate of drug-likeness (QED) is 0.273. The zero-order valence-electron chi connectivity index (χ0n) is 20.1. The molecule has 3 N–H and O–H groups in total. The summed E-state index contributed by atoms with van der Waals surface area (Å²) >= 11 is 0. The summed E-state index contributed by atoms with van der Waals surface area (Å²) in [7, 11) is 2.10. The van der Waals surface area contributed by atoms with Gasteiger partial charge in [-0.15, -0.1) is 0 Å². The lowest BCUT2D eigenvalue weighted by Gasteiger charge is -2.22. The van der Waals surface area contributed by atoms with Crippen molar-refractivity contribution in [2.75, 3.05) is 10.6 Å². The van der Waals surface area contributed by atoms with Gasteiger partial charge in [0.05, 0.1) is 0 Å². The first-order chi connectivity index (χ1) is 17.1. The SMILES string of the molecule is Cn1c(CNC2CCCCC2)cc2cc(NC(=O)Nc3ccc(Oc4ccccc4)cc3)ccc21. The molecule has 1 fully saturated rings. The van der Waals surface area contributed by atoms with Gasteiger partial charge in [0.1, 0.15) is 11.5 Å². The molecular weight excluding hydrogens is 436 g/mol. The summed E-state index contributed by atoms with van der Waals surface area (Å²) in [6.07, 6.45) is 6.57. The number of carbonyl (C=O) groups excluding carboxylic acids is 1. The number of nitrogens with one attached hydrogen (secondary N) is 3. The second kappa shape index (κ2) is 10.7. The van der Waals surface area contributed by atoms with E-state index < -0.39 is 0 Å². The van der Waals surface area contributed by atoms with Crippen molar-refractivity contribution in [3.63, 3.8) is 0 Å². The fourth-order valence-electron chi connectivity index (χ4n) is 4.73. The zero-order valence-corrected chi connectivity index (χ0v) is 20.1. The van der Waals surface area contributed by atoms with E-state index in [0.29, 0.717) is 17.5 Å². The molecule has 0 radical (unpaired) electrons. The third kappa shape index (κ3) is 5.84. The first-order valence-electron chi connectivity index (χ1n) is 12.4. The summed E-state index contributed by atoms with van der Waals surface area (Å²) in [6.45, 7) is 0.864. The molecule has 180 valence electrons. The second-order valence-corrected chi connectivity index (χ2v) is 9.20. The Labute approximate surface area is 206 Å². The van der Waals surface area contributed by atoms with Gasteiger partial charge in [-0.3, -0.25) is 0 Å². The van der Waals surface area contributed by atoms with Crippen molar-refractivity contribution >= 4 is 28.3 Å². The molecule has 1 aromatic heterocycles. The van der Waals surface area contributed by atoms with Crippen LogP contribution in [0.4, 0.5) is 16.2 Å². The molecule has 4 aromatic rings. The van der Waals surface area contributed by atoms with Crippen molar-refractivity contribution in [2.45, 2.75) is 44.7 Å². The summed E-state index contributed by atoms with van der Waals surface area (Å²) < 4.78 is 8.03. The van der Waals surface area contributed by atoms with E-state index in [1.165, 1.54) is 37.8 Å². The number of para-hydroxylation sites is 1. The van der Waals surface area contributed by atoms with Gasteiger partial charge >= 0.3 is 6.03 Å². The Hall–Kier alpha value is -3.77. The van der Waals surface area contributed by atoms with Gasteiger partial charge in [0, 0.05) is 47.6 Å². The number of anilines is 2. The van der Waals surface area contributed by atoms with Gasteiger partial charge < -0.3 is 25.3 Å². The van der Waals surface area contributed by atoms with Crippen LogP contribution in [0.2, 0.25) is 0 Å². The molecule has 3 aromatic carbocycles. The van der Waals surface area contributed by atoms with Crippen LogP contribution in [0, 0.1) is 0 Å². The number of urea groups is 1. The highest BCUT2D eigenvalue weighted by molar-refractivity contribution is 6.01. The number of amides is 2. The molecular formula is C29H32N4O2. The standard InChI is InChI=1S/C29H32N4O2/c1-33-25(20-30-22-8-4-2-5-9-22)19-21-18-24(14-17-28(21)33)32-29(34)31-23-12-15-27(16-13-23)35-26-10-6-3-7-11-26/h3,6-7,10-19,22,30H,2,4-5,8-9,20H2,1H3,(H2,31,32,34). The molecule has 5 rings (SSSR count). The van der Waals surface area contributed by atoms with E-state index >= 15 is 0 Å². The third-order valence-corrected chi connectivity index (χ3v) is 6.67. The molecule has 0 saturated heterocycles. The summed E-state index contributed by atoms with van der Waals surface area (Å²) in [6, 6.07) is 25.5. The largest absolute Gasteiger partial charge is 0.457 e. The van der Waals surface area contributed by atoms with Gasteiger partial charge in [-0.25, -0.2) is 4.79 Å². The molecule has 6 nitrogen and oxygen atoms in total. The van der Waals surface area contributed by atoms with Gasteiger partial charge in [-0.1, -0.05) is 37.5 Å². The Bertz CT molecular complexity index is 1280. The molecule has 0 aliphatic heterocycles. The average molecular weight is 469 g/mol. The maximum absolute atomic E-state index is 12.6. The van der Waals surface area contributed by atoms with Crippen LogP contribution < -0.4 is 20.7 Å². The van der Waals surface area contributed by atoms with Crippen molar-refractivity contribution in [3.8, 4) is 11.5 Å². The van der Waals surface area contributed by atoms with Crippen molar-refractivity contribution in [1.29, 1.82) is 0 Å². The minimum absolute atomic E-state index is 0.281. The molecule has 35 heavy (non-hydrogen) atoms. The fourth-order valence-corrected chi connectivity index (χ4v) is 4.73. The van der Waals surface area contributed by atoms with E-state index in [2.05, 4.69) is 39.7 Å². The molecule has 6 heteroatoms. The smallest absolute Gasteiger partial charge is 0.323 e. The number of aromatic nitrogens is 1. The predicted molar refractivity (Wildman–Crippen MR) is 142 cm³/mol. The third-order valence-electron chi connectivity index (χ3n) is 6.67. The first-order valence-corrected chi connectivity index (χ1v) is 12.4. The number of benzene rings is 3. The average Bonchev–Trinajstić information content (AvgIpc) is 3.20. The summed E-state index contributed by atoms with van der Waals surface area (Å²) in [5.41, 5.74) is 3.87. The molecule has 0 bridgehead atoms. The van der Waals surface area contributed by atoms with Gasteiger partial charge in [0.25, 0.3) is 0 Å². The van der Waals surface area contributed by atoms with Crippen LogP contribution >= 0.6 is 0 Å². The minimum Gasteiger partial charge on any atom is -0.457 e. The topological polar surface area (TPSA) is 67.3 Å². The number of rotatable bonds is 7. The molecule has 0 spiro atoms. The number of ether oxygens (including phenoxy) is 1. The van der Waals surface area contributed by atoms with Crippen LogP contribution in [-0.4, -0.2) is 16.6 Å². The molecule has 1 heterocycles. The molecule has 0 unspecified atom stereocenters. The highest BCUT2D eigenvalue weighted by atomic mass is 16.5. The monoisotopic (exact) mass is 468 g/mol. The Morgan fingerprint density at radius 1 is 0.857 bits per heavy atom. The second-order valence-electron chi connectivity index (χ2n) is 9.20. The van der Waals surface area contributed by atoms with Crippen LogP contribution in [0.5, 0.6) is 11.5 Å². The molecule has 2 amide bonds. The Morgan fingerprint density at radius 2 is 1.54 bits per heavy atom. The van der Waals surface area contributed by atoms with Crippen LogP contribution in [0.15, 0.2) is 78.9 Å². The maximum Gasteiger partial charge on any atom is 0.323 e. The van der Waals surface area contributed by atoms with Crippen molar-refractivity contribution in [2.24, 2.45) is 7.05 Å². The summed E-state index contributed by atoms with van der Waals surface area (Å²) in [4.78, 5) is 12.6. The van der Waals surface area contributed by atoms with E-state index in [4.69, 9.17) is 4.74 Å². The van der Waals surface area contributed by atoms with Crippen molar-refractivity contribution in [1.82, 2.24) is 9.88 Å². The van der Waals surface area contributed by atoms with Gasteiger partial charge in [-0.05, 0) is 73.5 Å². The number of fused-ring (bicyclic) bond motifs is 1. The van der Waals surface area contributed by atoms with E-state index in [9.17, 15) is 4.79 Å². The summed E-state index contributed by atoms with van der Waals surface area (Å²) in [5, 5.41) is 10.7. The lowest BCUT2D eigenvalue weighted by atomic mass is 9.95. The van der Waals surface area contributed by atoms with E-state index in [1.54, 1.807) is 0 Å². The van der Waals surface area contributed by atoms with Gasteiger partial charge in [0.2, 0.25) is 0 Å². The van der Waals surface area contributed by atoms with Crippen molar-refractivity contribution < 1.29 is 9.53 Å². The Kier molecular flexibility index (Phi) is 7.00. The maximum atomic E-state index is 12.6. The van der Waals surface area contributed by atoms with E-state index in [0.717, 1.165) is 28.9 Å². The number of aryl methyl sites for hydroxylation is 1. The fraction of sp³-hybridized carbons (Fsp3) is 0.276. The Balaban J connectivity index is 1.18. The summed E-state index contributed by atoms with van der Waals surface area (Å²) in [5.74, 6) is 1.49. The van der Waals surface area contributed by atoms with Crippen LogP contribution in [0.25, 0.3) is 10.9 Å². The number of hydrogen-bond acceptors (Lipinski definition) is 3. The highest BCUT2D eigenvalue weighted by Crippen LogP contribution is 2.25. The predicted octanol–water partition coefficient (Wildman–Crippen LogP) is 7.04. The number of nitrogens with zero attached hydrogens (tertiary/aromatic N) is 1. The lowest BCUT2D eigenvalue weighted by molar-refractivity contribution is 0.262. The molecule has 1 aliphatic carbocycles. The molecule has 0 atom stereocenters. The molecule has 1 aliphatic rings. The van der Waals surface area contributed by atoms with Crippen LogP contribution in [-0.2, 0) is 13.6 Å². The normalized spacial score (nSPS) is 14.1. The van der Waals surface area contributed by atoms with Gasteiger partial charge in [0.15, 0.2) is 0 Å². The van der Waals surface area contributed by atoms with E-state index in [-0.39, 0.29) is 6.03 Å². The van der Waals surface area contributed by atoms with Crippen molar-refractivity contribution in [3.05, 3.63) is 84.6 Å².